The largest absolute Gasteiger partial charge is 0.427 e. The molecule has 0 saturated carbocycles. The van der Waals surface area contributed by atoms with Gasteiger partial charge >= 0.3 is 17.9 Å². The highest BCUT2D eigenvalue weighted by molar-refractivity contribution is 9.12. The number of hydrogen-bond acceptors (Lipinski definition) is 9. The second-order valence-corrected chi connectivity index (χ2v) is 30.3. The molecule has 0 N–H and O–H groups in total. The van der Waals surface area contributed by atoms with Gasteiger partial charge in [0.1, 0.15) is 17.2 Å². The van der Waals surface area contributed by atoms with Gasteiger partial charge in [0.2, 0.25) is 0 Å². The fourth-order valence-corrected chi connectivity index (χ4v) is 19.2. The van der Waals surface area contributed by atoms with Crippen LogP contribution in [0.1, 0.15) is 249 Å². The zero-order chi connectivity index (χ0) is 52.1. The molecule has 0 aromatic heterocycles. The third-order valence-electron chi connectivity index (χ3n) is 13.4. The number of unbranched alkanes of at least 4 members (excludes halogenated alkanes) is 27. The molecule has 10 heteroatoms. The van der Waals surface area contributed by atoms with E-state index in [9.17, 15) is 14.4 Å². The molecule has 73 heavy (non-hydrogen) atoms. The predicted octanol–water partition coefficient (Wildman–Crippen LogP) is 20.8. The molecule has 0 atom stereocenters. The summed E-state index contributed by atoms with van der Waals surface area (Å²) in [7, 11) is 0. The average Bonchev–Trinajstić information content (AvgIpc) is 3.39. The fraction of sp³-hybridized carbons (Fsp3) is 0.667. The van der Waals surface area contributed by atoms with Crippen LogP contribution in [0.2, 0.25) is 0 Å². The topological polar surface area (TPSA) is 78.9 Å². The zero-order valence-corrected chi connectivity index (χ0v) is 49.5. The Hall–Kier alpha value is -2.45. The molecule has 0 aliphatic rings. The van der Waals surface area contributed by atoms with Crippen molar-refractivity contribution in [2.24, 2.45) is 0 Å². The number of carbonyl (C=O) groups is 3. The van der Waals surface area contributed by atoms with Crippen LogP contribution in [0.25, 0.3) is 0 Å². The standard InChI is InChI=1S/C63H99O6PS3/c1-4-7-10-13-16-19-22-25-28-31-34-55-37-43-58(44-38-55)67-61(64)49-52-71-70(72-53-50-62(65)68-59-45-39-56(40-46-59)35-32-29-26-23-20-17-14-11-8-5-2)73-54-51-63(66)69-60-47-41-57(42-48-60)36-33-30-27-24-21-18-15-12-9-6-3/h37-48H,4-36,49-54H2,1-3H3. The molecule has 3 aromatic carbocycles. The van der Waals surface area contributed by atoms with Crippen LogP contribution in [0.3, 0.4) is 0 Å². The summed E-state index contributed by atoms with van der Waals surface area (Å²) < 4.78 is 17.2. The third kappa shape index (κ3) is 36.3. The quantitative estimate of drug-likeness (QED) is 0.0238. The molecule has 0 heterocycles. The van der Waals surface area contributed by atoms with E-state index >= 15 is 0 Å². The Kier molecular flexibility index (Phi) is 40.6. The van der Waals surface area contributed by atoms with Crippen LogP contribution in [0.15, 0.2) is 72.8 Å². The molecule has 410 valence electrons. The van der Waals surface area contributed by atoms with Crippen molar-refractivity contribution in [2.75, 3.05) is 17.3 Å². The Morgan fingerprint density at radius 3 is 0.740 bits per heavy atom. The second-order valence-electron chi connectivity index (χ2n) is 20.1. The van der Waals surface area contributed by atoms with Crippen LogP contribution in [0.4, 0.5) is 0 Å². The minimum absolute atomic E-state index is 0.254. The van der Waals surface area contributed by atoms with Crippen molar-refractivity contribution in [1.29, 1.82) is 0 Å². The van der Waals surface area contributed by atoms with Gasteiger partial charge in [-0.15, -0.1) is 34.1 Å². The van der Waals surface area contributed by atoms with Gasteiger partial charge in [-0.25, -0.2) is 0 Å². The first-order valence-corrected chi connectivity index (χ1v) is 35.6. The average molecular weight is 1080 g/mol. The number of hydrogen-bond donors (Lipinski definition) is 0. The van der Waals surface area contributed by atoms with Crippen molar-refractivity contribution in [1.82, 2.24) is 0 Å². The highest BCUT2D eigenvalue weighted by Gasteiger charge is 2.17. The lowest BCUT2D eigenvalue weighted by atomic mass is 10.0. The first kappa shape index (κ1) is 64.8. The van der Waals surface area contributed by atoms with Crippen molar-refractivity contribution in [3.05, 3.63) is 89.5 Å². The summed E-state index contributed by atoms with van der Waals surface area (Å²) in [6.45, 7) is 6.81. The van der Waals surface area contributed by atoms with Gasteiger partial charge in [-0.1, -0.05) is 231 Å². The highest BCUT2D eigenvalue weighted by atomic mass is 33.4. The Morgan fingerprint density at radius 1 is 0.315 bits per heavy atom. The molecule has 0 spiro atoms. The van der Waals surface area contributed by atoms with E-state index in [1.807, 2.05) is 36.4 Å². The van der Waals surface area contributed by atoms with E-state index < -0.39 is 5.53 Å². The first-order valence-electron chi connectivity index (χ1n) is 29.5. The molecule has 3 aromatic rings. The zero-order valence-electron chi connectivity index (χ0n) is 46.1. The van der Waals surface area contributed by atoms with Crippen molar-refractivity contribution >= 4 is 57.6 Å². The molecule has 0 aliphatic heterocycles. The smallest absolute Gasteiger partial charge is 0.312 e. The summed E-state index contributed by atoms with van der Waals surface area (Å²) in [5.41, 5.74) is 3.08. The van der Waals surface area contributed by atoms with Crippen molar-refractivity contribution < 1.29 is 28.6 Å². The summed E-state index contributed by atoms with van der Waals surface area (Å²) in [5, 5.41) is 0. The lowest BCUT2D eigenvalue weighted by Crippen LogP contribution is -2.09. The maximum atomic E-state index is 13.0. The van der Waals surface area contributed by atoms with Crippen LogP contribution in [-0.2, 0) is 33.6 Å². The molecule has 0 bridgehead atoms. The minimum Gasteiger partial charge on any atom is -0.427 e. The number of rotatable bonds is 48. The van der Waals surface area contributed by atoms with Crippen LogP contribution >= 0.6 is 39.7 Å². The van der Waals surface area contributed by atoms with Crippen LogP contribution in [-0.4, -0.2) is 35.2 Å². The maximum absolute atomic E-state index is 13.0. The summed E-state index contributed by atoms with van der Waals surface area (Å²) in [4.78, 5) is 38.9. The highest BCUT2D eigenvalue weighted by Crippen LogP contribution is 2.70. The van der Waals surface area contributed by atoms with Gasteiger partial charge in [0, 0.05) is 17.3 Å². The number of esters is 3. The molecule has 0 unspecified atom stereocenters. The van der Waals surface area contributed by atoms with Crippen molar-refractivity contribution in [3.63, 3.8) is 0 Å². The lowest BCUT2D eigenvalue weighted by Gasteiger charge is -2.15. The van der Waals surface area contributed by atoms with Crippen LogP contribution in [0.5, 0.6) is 17.2 Å². The Morgan fingerprint density at radius 2 is 0.521 bits per heavy atom. The molecule has 0 radical (unpaired) electrons. The predicted molar refractivity (Wildman–Crippen MR) is 321 cm³/mol. The molecular formula is C63H99O6PS3. The molecular weight excluding hydrogens is 980 g/mol. The normalized spacial score (nSPS) is 11.3. The molecule has 0 amide bonds. The van der Waals surface area contributed by atoms with E-state index in [0.29, 0.717) is 34.5 Å². The number of aryl methyl sites for hydroxylation is 3. The van der Waals surface area contributed by atoms with E-state index in [-0.39, 0.29) is 37.2 Å². The Balaban J connectivity index is 1.39. The van der Waals surface area contributed by atoms with Gasteiger partial charge in [-0.05, 0) is 91.6 Å². The molecule has 3 rings (SSSR count). The number of ether oxygens (including phenoxy) is 3. The summed E-state index contributed by atoms with van der Waals surface area (Å²) >= 11 is 5.14. The Labute approximate surface area is 459 Å². The molecule has 6 nitrogen and oxygen atoms in total. The van der Waals surface area contributed by atoms with Crippen LogP contribution < -0.4 is 14.2 Å². The summed E-state index contributed by atoms with van der Waals surface area (Å²) in [5.74, 6) is 2.75. The second kappa shape index (κ2) is 45.7. The summed E-state index contributed by atoms with van der Waals surface area (Å²) in [6.07, 6.45) is 43.8. The third-order valence-corrected chi connectivity index (χ3v) is 24.5. The van der Waals surface area contributed by atoms with E-state index in [1.165, 1.54) is 209 Å². The van der Waals surface area contributed by atoms with Gasteiger partial charge in [0.05, 0.1) is 24.8 Å². The SMILES string of the molecule is CCCCCCCCCCCCc1ccc(OC(=O)CCSP(SCCC(=O)Oc2ccc(CCCCCCCCCCCC)cc2)SCCC(=O)Oc2ccc(CCCCCCCCCCCC)cc2)cc1. The number of benzene rings is 3. The van der Waals surface area contributed by atoms with Crippen molar-refractivity contribution in [3.8, 4) is 17.2 Å². The minimum atomic E-state index is -0.762. The molecule has 0 fully saturated rings. The van der Waals surface area contributed by atoms with Gasteiger partial charge in [0.25, 0.3) is 0 Å². The van der Waals surface area contributed by atoms with Gasteiger partial charge in [-0.2, -0.15) is 0 Å². The monoisotopic (exact) mass is 1080 g/mol. The molecule has 0 aliphatic carbocycles. The van der Waals surface area contributed by atoms with Gasteiger partial charge in [-0.3, -0.25) is 14.4 Å². The Bertz CT molecular complexity index is 1580. The fourth-order valence-electron chi connectivity index (χ4n) is 8.89. The molecule has 0 saturated heterocycles. The van der Waals surface area contributed by atoms with E-state index in [0.717, 1.165) is 19.3 Å². The van der Waals surface area contributed by atoms with E-state index in [4.69, 9.17) is 14.2 Å². The van der Waals surface area contributed by atoms with E-state index in [1.54, 1.807) is 34.1 Å². The summed E-state index contributed by atoms with van der Waals surface area (Å²) in [6, 6.07) is 24.0. The number of carbonyl (C=O) groups excluding carboxylic acids is 3. The lowest BCUT2D eigenvalue weighted by molar-refractivity contribution is -0.134. The van der Waals surface area contributed by atoms with Crippen molar-refractivity contribution in [2.45, 2.75) is 252 Å². The maximum Gasteiger partial charge on any atom is 0.312 e. The van der Waals surface area contributed by atoms with Gasteiger partial charge in [0.15, 0.2) is 0 Å². The van der Waals surface area contributed by atoms with Crippen LogP contribution in [0, 0.1) is 0 Å². The van der Waals surface area contributed by atoms with E-state index in [2.05, 4.69) is 57.2 Å². The first-order chi connectivity index (χ1) is 35.9. The van der Waals surface area contributed by atoms with Gasteiger partial charge < -0.3 is 14.2 Å².